The maximum atomic E-state index is 11.1. The minimum Gasteiger partial charge on any atom is -0.496 e. The van der Waals surface area contributed by atoms with Gasteiger partial charge in [-0.2, -0.15) is 0 Å². The van der Waals surface area contributed by atoms with Gasteiger partial charge >= 0.3 is 5.97 Å². The Balaban J connectivity index is 3.54. The number of carbonyl (C=O) groups is 2. The number of carboxylic acids is 1. The molecule has 2 N–H and O–H groups in total. The molecule has 1 unspecified atom stereocenters. The first-order chi connectivity index (χ1) is 9.27. The highest BCUT2D eigenvalue weighted by Gasteiger charge is 2.22. The first kappa shape index (κ1) is 16.3. The number of carbonyl (C=O) groups excluding carboxylic acids is 1. The maximum Gasteiger partial charge on any atom is 0.339 e. The van der Waals surface area contributed by atoms with Crippen LogP contribution in [0.3, 0.4) is 0 Å². The lowest BCUT2D eigenvalue weighted by molar-refractivity contribution is -0.114. The van der Waals surface area contributed by atoms with Gasteiger partial charge in [-0.3, -0.25) is 4.79 Å². The molecule has 7 nitrogen and oxygen atoms in total. The molecule has 0 heterocycles. The van der Waals surface area contributed by atoms with Gasteiger partial charge in [-0.1, -0.05) is 0 Å². The van der Waals surface area contributed by atoms with Crippen LogP contribution in [0.4, 0.5) is 5.69 Å². The quantitative estimate of drug-likeness (QED) is 0.555. The van der Waals surface area contributed by atoms with Gasteiger partial charge in [0, 0.05) is 18.6 Å². The van der Waals surface area contributed by atoms with Crippen molar-refractivity contribution in [3.05, 3.63) is 23.3 Å². The number of thiol groups is 1. The number of rotatable bonds is 5. The summed E-state index contributed by atoms with van der Waals surface area (Å²) in [4.78, 5) is 22.2. The third-order valence-electron chi connectivity index (χ3n) is 2.35. The fourth-order valence-electron chi connectivity index (χ4n) is 1.54. The van der Waals surface area contributed by atoms with Gasteiger partial charge in [0.2, 0.25) is 5.91 Å². The number of nitrogens with one attached hydrogen (secondary N) is 1. The van der Waals surface area contributed by atoms with E-state index < -0.39 is 27.3 Å². The smallest absolute Gasteiger partial charge is 0.339 e. The van der Waals surface area contributed by atoms with Crippen molar-refractivity contribution in [1.82, 2.24) is 0 Å². The number of benzene rings is 1. The molecule has 110 valence electrons. The normalized spacial score (nSPS) is 12.0. The highest BCUT2D eigenvalue weighted by Crippen LogP contribution is 2.34. The molecule has 9 heteroatoms. The van der Waals surface area contributed by atoms with Gasteiger partial charge in [0.05, 0.1) is 12.8 Å². The molecule has 0 aliphatic carbocycles. The molecule has 0 aliphatic rings. The van der Waals surface area contributed by atoms with E-state index in [-0.39, 0.29) is 22.6 Å². The molecule has 1 rings (SSSR count). The average Bonchev–Trinajstić information content (AvgIpc) is 2.36. The number of ether oxygens (including phenoxy) is 1. The van der Waals surface area contributed by atoms with Crippen molar-refractivity contribution in [3.63, 3.8) is 0 Å². The first-order valence-corrected chi connectivity index (χ1v) is 6.96. The molecule has 0 saturated carbocycles. The van der Waals surface area contributed by atoms with Crippen LogP contribution in [0.25, 0.3) is 0 Å². The number of hydrogen-bond acceptors (Lipinski definition) is 5. The molecule has 1 atom stereocenters. The van der Waals surface area contributed by atoms with E-state index in [4.69, 9.17) is 21.4 Å². The van der Waals surface area contributed by atoms with E-state index >= 15 is 0 Å². The summed E-state index contributed by atoms with van der Waals surface area (Å²) >= 11 is 5.72. The summed E-state index contributed by atoms with van der Waals surface area (Å²) in [5, 5.41) is 11.4. The Labute approximate surface area is 121 Å². The van der Waals surface area contributed by atoms with E-state index in [0.717, 1.165) is 6.07 Å². The molecular formula is C11H12ClNO6S. The van der Waals surface area contributed by atoms with Gasteiger partial charge < -0.3 is 15.2 Å². The molecule has 0 saturated heterocycles. The number of anilines is 1. The number of amides is 1. The fraction of sp³-hybridized carbons (Fsp3) is 0.273. The van der Waals surface area contributed by atoms with E-state index in [1.54, 1.807) is 0 Å². The summed E-state index contributed by atoms with van der Waals surface area (Å²) in [6.45, 7) is 1.22. The highest BCUT2D eigenvalue weighted by atomic mass is 35.5. The summed E-state index contributed by atoms with van der Waals surface area (Å²) in [5.74, 6) is -1.78. The van der Waals surface area contributed by atoms with Crippen molar-refractivity contribution >= 4 is 39.9 Å². The van der Waals surface area contributed by atoms with Crippen molar-refractivity contribution < 1.29 is 27.9 Å². The van der Waals surface area contributed by atoms with Crippen molar-refractivity contribution in [2.75, 3.05) is 12.4 Å². The third-order valence-corrected chi connectivity index (χ3v) is 3.72. The zero-order valence-corrected chi connectivity index (χ0v) is 12.2. The van der Waals surface area contributed by atoms with Gasteiger partial charge in [-0.15, -0.1) is 11.6 Å². The highest BCUT2D eigenvalue weighted by molar-refractivity contribution is 7.74. The second-order valence-electron chi connectivity index (χ2n) is 3.75. The second kappa shape index (κ2) is 6.58. The van der Waals surface area contributed by atoms with Crippen molar-refractivity contribution in [1.29, 1.82) is 0 Å². The lowest BCUT2D eigenvalue weighted by Gasteiger charge is -2.15. The number of aromatic carboxylic acids is 1. The van der Waals surface area contributed by atoms with E-state index in [2.05, 4.69) is 5.32 Å². The summed E-state index contributed by atoms with van der Waals surface area (Å²) in [6, 6.07) is 2.28. The van der Waals surface area contributed by atoms with Crippen molar-refractivity contribution in [2.45, 2.75) is 11.6 Å². The van der Waals surface area contributed by atoms with Crippen LogP contribution in [0, 0.1) is 0 Å². The van der Waals surface area contributed by atoms with Gasteiger partial charge in [-0.25, -0.2) is 13.2 Å². The van der Waals surface area contributed by atoms with Crippen LogP contribution in [0.15, 0.2) is 12.1 Å². The molecule has 0 bridgehead atoms. The van der Waals surface area contributed by atoms with Crippen LogP contribution in [-0.4, -0.2) is 32.5 Å². The number of alkyl halides is 1. The van der Waals surface area contributed by atoms with E-state index in [0.29, 0.717) is 0 Å². The molecular weight excluding hydrogens is 310 g/mol. The Morgan fingerprint density at radius 2 is 2.00 bits per heavy atom. The predicted molar refractivity (Wildman–Crippen MR) is 73.2 cm³/mol. The van der Waals surface area contributed by atoms with Crippen LogP contribution < -0.4 is 10.1 Å². The van der Waals surface area contributed by atoms with Crippen molar-refractivity contribution in [3.8, 4) is 5.75 Å². The van der Waals surface area contributed by atoms with Crippen LogP contribution in [0.5, 0.6) is 5.75 Å². The summed E-state index contributed by atoms with van der Waals surface area (Å²) < 4.78 is 25.4. The van der Waals surface area contributed by atoms with Crippen LogP contribution in [0.1, 0.15) is 27.6 Å². The monoisotopic (exact) mass is 321 g/mol. The zero-order chi connectivity index (χ0) is 15.4. The molecule has 0 spiro atoms. The number of halogens is 1. The molecule has 1 aromatic rings. The Hall–Kier alpha value is -1.80. The predicted octanol–water partition coefficient (Wildman–Crippen LogP) is 1.20. The number of hydrogen-bond donors (Lipinski definition) is 3. The molecule has 0 aromatic heterocycles. The minimum atomic E-state index is -3.04. The number of methoxy groups -OCH3 is 1. The molecule has 1 aromatic carbocycles. The van der Waals surface area contributed by atoms with E-state index in [1.807, 2.05) is 0 Å². The maximum absolute atomic E-state index is 11.1. The largest absolute Gasteiger partial charge is 0.496 e. The molecule has 1 amide bonds. The topological polar surface area (TPSA) is 110 Å². The average molecular weight is 322 g/mol. The SMILES string of the molecule is COc1cc(NC(C)=O)c(C(Cl)[SH](=O)=O)cc1C(=O)O. The van der Waals surface area contributed by atoms with Crippen LogP contribution in [0.2, 0.25) is 0 Å². The standard InChI is InChI=1S/C11H12ClNO6S/c1-5(14)13-8-4-9(19-2)7(11(15)16)3-6(8)10(12)20(17)18/h3-4,10,20H,1-2H3,(H,13,14)(H,15,16). The molecule has 20 heavy (non-hydrogen) atoms. The Morgan fingerprint density at radius 3 is 2.40 bits per heavy atom. The van der Waals surface area contributed by atoms with Crippen LogP contribution >= 0.6 is 11.6 Å². The lowest BCUT2D eigenvalue weighted by atomic mass is 10.1. The molecule has 0 aliphatic heterocycles. The van der Waals surface area contributed by atoms with Gasteiger partial charge in [-0.05, 0) is 6.07 Å². The lowest BCUT2D eigenvalue weighted by Crippen LogP contribution is -2.12. The fourth-order valence-corrected chi connectivity index (χ4v) is 2.16. The minimum absolute atomic E-state index is 0.0185. The molecule has 0 radical (unpaired) electrons. The molecule has 0 fully saturated rings. The number of carboxylic acid groups (broad SMARTS) is 1. The second-order valence-corrected chi connectivity index (χ2v) is 5.58. The summed E-state index contributed by atoms with van der Waals surface area (Å²) in [7, 11) is -1.79. The van der Waals surface area contributed by atoms with E-state index in [1.165, 1.54) is 20.1 Å². The van der Waals surface area contributed by atoms with Gasteiger partial charge in [0.1, 0.15) is 11.3 Å². The Bertz CT molecular complexity index is 620. The Morgan fingerprint density at radius 1 is 1.40 bits per heavy atom. The first-order valence-electron chi connectivity index (χ1n) is 5.28. The van der Waals surface area contributed by atoms with Gasteiger partial charge in [0.25, 0.3) is 0 Å². The van der Waals surface area contributed by atoms with Crippen molar-refractivity contribution in [2.24, 2.45) is 0 Å². The third kappa shape index (κ3) is 3.61. The van der Waals surface area contributed by atoms with Crippen LogP contribution in [-0.2, 0) is 15.5 Å². The summed E-state index contributed by atoms with van der Waals surface area (Å²) in [5.41, 5.74) is -0.200. The summed E-state index contributed by atoms with van der Waals surface area (Å²) in [6.07, 6.45) is 0. The Kier molecular flexibility index (Phi) is 5.34. The van der Waals surface area contributed by atoms with Gasteiger partial charge in [0.15, 0.2) is 15.4 Å². The zero-order valence-electron chi connectivity index (χ0n) is 10.5. The van der Waals surface area contributed by atoms with E-state index in [9.17, 15) is 18.0 Å².